The fraction of sp³-hybridized carbons (Fsp3) is 0.286. The summed E-state index contributed by atoms with van der Waals surface area (Å²) in [6.45, 7) is 3.46. The molecule has 1 aromatic heterocycles. The molecule has 0 radical (unpaired) electrons. The Morgan fingerprint density at radius 2 is 1.82 bits per heavy atom. The van der Waals surface area contributed by atoms with E-state index in [1.54, 1.807) is 4.57 Å². The molecule has 146 valence electrons. The summed E-state index contributed by atoms with van der Waals surface area (Å²) in [7, 11) is 4.06. The molecule has 0 aliphatic heterocycles. The monoisotopic (exact) mass is 395 g/mol. The zero-order chi connectivity index (χ0) is 20.1. The maximum Gasteiger partial charge on any atom is 0.240 e. The van der Waals surface area contributed by atoms with Gasteiger partial charge in [0, 0.05) is 18.7 Å². The van der Waals surface area contributed by atoms with Gasteiger partial charge in [-0.05, 0) is 44.4 Å². The Morgan fingerprint density at radius 3 is 2.50 bits per heavy atom. The number of aromatic nitrogens is 3. The van der Waals surface area contributed by atoms with E-state index in [-0.39, 0.29) is 12.5 Å². The normalized spacial score (nSPS) is 11.0. The van der Waals surface area contributed by atoms with Gasteiger partial charge in [-0.2, -0.15) is 5.10 Å². The largest absolute Gasteiger partial charge is 0.350 e. The van der Waals surface area contributed by atoms with Crippen LogP contribution in [0.5, 0.6) is 0 Å². The Morgan fingerprint density at radius 1 is 1.14 bits per heavy atom. The van der Waals surface area contributed by atoms with E-state index in [1.807, 2.05) is 63.5 Å². The Bertz CT molecular complexity index is 1000. The first-order chi connectivity index (χ1) is 13.4. The van der Waals surface area contributed by atoms with Crippen LogP contribution in [-0.2, 0) is 24.4 Å². The summed E-state index contributed by atoms with van der Waals surface area (Å²) in [5.74, 6) is 0.554. The van der Waals surface area contributed by atoms with Crippen LogP contribution in [0.4, 0.5) is 0 Å². The molecule has 3 rings (SSSR count). The number of nitrogens with one attached hydrogen (secondary N) is 2. The van der Waals surface area contributed by atoms with Gasteiger partial charge in [-0.25, -0.2) is 0 Å². The molecule has 0 aliphatic rings. The fourth-order valence-electron chi connectivity index (χ4n) is 3.01. The zero-order valence-corrected chi connectivity index (χ0v) is 17.2. The molecule has 1 heterocycles. The minimum absolute atomic E-state index is 0.106. The second kappa shape index (κ2) is 8.95. The molecule has 0 unspecified atom stereocenters. The third-order valence-corrected chi connectivity index (χ3v) is 4.76. The van der Waals surface area contributed by atoms with Crippen molar-refractivity contribution >= 4 is 18.1 Å². The molecular weight excluding hydrogens is 370 g/mol. The third-order valence-electron chi connectivity index (χ3n) is 4.45. The van der Waals surface area contributed by atoms with Crippen molar-refractivity contribution in [3.63, 3.8) is 0 Å². The molecule has 0 aliphatic carbocycles. The van der Waals surface area contributed by atoms with Gasteiger partial charge in [0.15, 0.2) is 10.6 Å². The molecule has 6 nitrogen and oxygen atoms in total. The van der Waals surface area contributed by atoms with E-state index in [0.717, 1.165) is 17.7 Å². The standard InChI is InChI=1S/C21H25N5OS/c1-15-8-10-16(11-9-15)20-23-24-21(28)26(20)14-19(27)22-12-17-6-4-5-7-18(17)13-25(2)3/h4-11H,12-14H2,1-3H3,(H,22,27)(H,24,28). The highest BCUT2D eigenvalue weighted by atomic mass is 32.1. The van der Waals surface area contributed by atoms with Crippen LogP contribution in [0, 0.1) is 11.7 Å². The summed E-state index contributed by atoms with van der Waals surface area (Å²) in [6, 6.07) is 16.1. The maximum absolute atomic E-state index is 12.6. The summed E-state index contributed by atoms with van der Waals surface area (Å²) >= 11 is 5.32. The highest BCUT2D eigenvalue weighted by molar-refractivity contribution is 7.71. The van der Waals surface area contributed by atoms with Gasteiger partial charge in [-0.3, -0.25) is 14.5 Å². The van der Waals surface area contributed by atoms with Crippen molar-refractivity contribution < 1.29 is 4.79 Å². The van der Waals surface area contributed by atoms with Crippen molar-refractivity contribution in [1.82, 2.24) is 25.0 Å². The number of rotatable bonds is 7. The van der Waals surface area contributed by atoms with Gasteiger partial charge in [0.05, 0.1) is 0 Å². The summed E-state index contributed by atoms with van der Waals surface area (Å²) in [6.07, 6.45) is 0. The van der Waals surface area contributed by atoms with Gasteiger partial charge >= 0.3 is 0 Å². The van der Waals surface area contributed by atoms with E-state index in [1.165, 1.54) is 11.1 Å². The molecule has 0 saturated heterocycles. The van der Waals surface area contributed by atoms with Gasteiger partial charge in [0.2, 0.25) is 5.91 Å². The molecule has 0 saturated carbocycles. The van der Waals surface area contributed by atoms with Crippen molar-refractivity contribution in [1.29, 1.82) is 0 Å². The summed E-state index contributed by atoms with van der Waals surface area (Å²) in [5, 5.41) is 10.1. The van der Waals surface area contributed by atoms with Gasteiger partial charge in [-0.15, -0.1) is 0 Å². The fourth-order valence-corrected chi connectivity index (χ4v) is 3.20. The highest BCUT2D eigenvalue weighted by Gasteiger charge is 2.13. The van der Waals surface area contributed by atoms with E-state index in [2.05, 4.69) is 26.5 Å². The first kappa shape index (κ1) is 20.0. The van der Waals surface area contributed by atoms with Gasteiger partial charge in [0.1, 0.15) is 6.54 Å². The second-order valence-corrected chi connectivity index (χ2v) is 7.47. The number of amides is 1. The number of nitrogens with zero attached hydrogens (tertiary/aromatic N) is 3. The number of benzene rings is 2. The lowest BCUT2D eigenvalue weighted by Crippen LogP contribution is -2.28. The first-order valence-corrected chi connectivity index (χ1v) is 9.55. The Kier molecular flexibility index (Phi) is 6.38. The van der Waals surface area contributed by atoms with Crippen molar-refractivity contribution in [2.75, 3.05) is 14.1 Å². The lowest BCUT2D eigenvalue weighted by Gasteiger charge is -2.15. The number of carbonyl (C=O) groups excluding carboxylic acids is 1. The first-order valence-electron chi connectivity index (χ1n) is 9.14. The molecule has 3 aromatic rings. The smallest absolute Gasteiger partial charge is 0.240 e. The van der Waals surface area contributed by atoms with E-state index in [9.17, 15) is 4.79 Å². The molecular formula is C21H25N5OS. The SMILES string of the molecule is Cc1ccc(-c2n[nH]c(=S)n2CC(=O)NCc2ccccc2CN(C)C)cc1. The molecule has 2 N–H and O–H groups in total. The van der Waals surface area contributed by atoms with Crippen molar-refractivity contribution in [2.24, 2.45) is 0 Å². The predicted octanol–water partition coefficient (Wildman–Crippen LogP) is 3.29. The minimum atomic E-state index is -0.106. The van der Waals surface area contributed by atoms with Crippen LogP contribution in [0.25, 0.3) is 11.4 Å². The van der Waals surface area contributed by atoms with Crippen LogP contribution in [0.15, 0.2) is 48.5 Å². The lowest BCUT2D eigenvalue weighted by atomic mass is 10.1. The van der Waals surface area contributed by atoms with E-state index >= 15 is 0 Å². The summed E-state index contributed by atoms with van der Waals surface area (Å²) in [5.41, 5.74) is 4.40. The van der Waals surface area contributed by atoms with Crippen LogP contribution < -0.4 is 5.32 Å². The van der Waals surface area contributed by atoms with Gasteiger partial charge in [0.25, 0.3) is 0 Å². The third kappa shape index (κ3) is 4.94. The average Bonchev–Trinajstić information content (AvgIpc) is 3.02. The Hall–Kier alpha value is -2.77. The molecule has 0 bridgehead atoms. The van der Waals surface area contributed by atoms with Gasteiger partial charge in [-0.1, -0.05) is 54.1 Å². The molecule has 0 atom stereocenters. The quantitative estimate of drug-likeness (QED) is 0.603. The van der Waals surface area contributed by atoms with Crippen molar-refractivity contribution in [2.45, 2.75) is 26.6 Å². The van der Waals surface area contributed by atoms with Crippen LogP contribution >= 0.6 is 12.2 Å². The molecule has 2 aromatic carbocycles. The molecule has 0 fully saturated rings. The lowest BCUT2D eigenvalue weighted by molar-refractivity contribution is -0.121. The highest BCUT2D eigenvalue weighted by Crippen LogP contribution is 2.18. The molecule has 1 amide bonds. The minimum Gasteiger partial charge on any atom is -0.350 e. The van der Waals surface area contributed by atoms with Crippen LogP contribution in [0.1, 0.15) is 16.7 Å². The number of hydrogen-bond donors (Lipinski definition) is 2. The Balaban J connectivity index is 1.71. The van der Waals surface area contributed by atoms with E-state index < -0.39 is 0 Å². The van der Waals surface area contributed by atoms with Crippen LogP contribution in [0.2, 0.25) is 0 Å². The summed E-state index contributed by atoms with van der Waals surface area (Å²) < 4.78 is 2.15. The average molecular weight is 396 g/mol. The zero-order valence-electron chi connectivity index (χ0n) is 16.4. The van der Waals surface area contributed by atoms with Gasteiger partial charge < -0.3 is 10.2 Å². The number of hydrogen-bond acceptors (Lipinski definition) is 4. The number of H-pyrrole nitrogens is 1. The maximum atomic E-state index is 12.6. The van der Waals surface area contributed by atoms with E-state index in [0.29, 0.717) is 17.1 Å². The predicted molar refractivity (Wildman–Crippen MR) is 113 cm³/mol. The molecule has 7 heteroatoms. The van der Waals surface area contributed by atoms with Crippen LogP contribution in [0.3, 0.4) is 0 Å². The van der Waals surface area contributed by atoms with E-state index in [4.69, 9.17) is 12.2 Å². The Labute approximate surface area is 170 Å². The van der Waals surface area contributed by atoms with Crippen molar-refractivity contribution in [3.8, 4) is 11.4 Å². The second-order valence-electron chi connectivity index (χ2n) is 7.09. The number of aromatic amines is 1. The molecule has 28 heavy (non-hydrogen) atoms. The van der Waals surface area contributed by atoms with Crippen LogP contribution in [-0.4, -0.2) is 39.7 Å². The van der Waals surface area contributed by atoms with Crippen molar-refractivity contribution in [3.05, 3.63) is 70.0 Å². The number of aryl methyl sites for hydroxylation is 1. The summed E-state index contributed by atoms with van der Waals surface area (Å²) in [4.78, 5) is 14.7. The molecule has 0 spiro atoms. The number of carbonyl (C=O) groups is 1. The topological polar surface area (TPSA) is 66.0 Å².